The molecular weight excluding hydrogens is 230 g/mol. The quantitative estimate of drug-likeness (QED) is 0.850. The third-order valence-electron chi connectivity index (χ3n) is 2.43. The van der Waals surface area contributed by atoms with Crippen LogP contribution in [0.3, 0.4) is 0 Å². The lowest BCUT2D eigenvalue weighted by Crippen LogP contribution is -2.29. The molecule has 0 aliphatic carbocycles. The Morgan fingerprint density at radius 1 is 1.33 bits per heavy atom. The van der Waals surface area contributed by atoms with E-state index in [0.29, 0.717) is 12.4 Å². The summed E-state index contributed by atoms with van der Waals surface area (Å²) in [6.07, 6.45) is 1.30. The van der Waals surface area contributed by atoms with Crippen LogP contribution in [-0.2, 0) is 0 Å². The molecule has 0 aliphatic heterocycles. The number of nitrogens with one attached hydrogen (secondary N) is 2. The molecule has 92 valence electrons. The van der Waals surface area contributed by atoms with Gasteiger partial charge in [-0.2, -0.15) is 0 Å². The summed E-state index contributed by atoms with van der Waals surface area (Å²) < 4.78 is 0. The molecule has 0 atom stereocenters. The fourth-order valence-corrected chi connectivity index (χ4v) is 1.56. The van der Waals surface area contributed by atoms with E-state index < -0.39 is 11.5 Å². The van der Waals surface area contributed by atoms with Crippen molar-refractivity contribution in [2.75, 3.05) is 6.54 Å². The van der Waals surface area contributed by atoms with Crippen LogP contribution < -0.4 is 10.9 Å². The predicted octanol–water partition coefficient (Wildman–Crippen LogP) is 1.19. The number of rotatable bonds is 3. The summed E-state index contributed by atoms with van der Waals surface area (Å²) in [5.41, 5.74) is 0.392. The minimum absolute atomic E-state index is 0.0246. The molecule has 0 bridgehead atoms. The first-order valence-electron chi connectivity index (χ1n) is 5.65. The number of benzene rings is 1. The highest BCUT2D eigenvalue weighted by Crippen LogP contribution is 2.11. The average molecular weight is 243 g/mol. The number of amides is 1. The first-order valence-corrected chi connectivity index (χ1v) is 5.65. The molecule has 18 heavy (non-hydrogen) atoms. The highest BCUT2D eigenvalue weighted by Gasteiger charge is 2.11. The molecular formula is C13H13N3O2. The summed E-state index contributed by atoms with van der Waals surface area (Å²) in [6.45, 7) is 2.26. The van der Waals surface area contributed by atoms with E-state index in [1.807, 2.05) is 30.3 Å². The molecule has 0 radical (unpaired) electrons. The van der Waals surface area contributed by atoms with E-state index in [2.05, 4.69) is 15.3 Å². The normalized spacial score (nSPS) is 10.1. The molecule has 0 spiro atoms. The SMILES string of the molecule is CCNC(=O)c1cnc(-c2ccccc2)[nH]c1=O. The van der Waals surface area contributed by atoms with Gasteiger partial charge < -0.3 is 10.3 Å². The van der Waals surface area contributed by atoms with Crippen LogP contribution in [-0.4, -0.2) is 22.4 Å². The van der Waals surface area contributed by atoms with Crippen LogP contribution in [0.2, 0.25) is 0 Å². The van der Waals surface area contributed by atoms with Crippen LogP contribution in [0.15, 0.2) is 41.3 Å². The summed E-state index contributed by atoms with van der Waals surface area (Å²) in [4.78, 5) is 30.0. The number of nitrogens with zero attached hydrogens (tertiary/aromatic N) is 1. The van der Waals surface area contributed by atoms with Crippen LogP contribution >= 0.6 is 0 Å². The van der Waals surface area contributed by atoms with E-state index in [1.54, 1.807) is 6.92 Å². The van der Waals surface area contributed by atoms with Crippen molar-refractivity contribution in [2.24, 2.45) is 0 Å². The van der Waals surface area contributed by atoms with E-state index in [9.17, 15) is 9.59 Å². The van der Waals surface area contributed by atoms with Crippen LogP contribution in [0.5, 0.6) is 0 Å². The van der Waals surface area contributed by atoms with Gasteiger partial charge in [-0.25, -0.2) is 4.98 Å². The lowest BCUT2D eigenvalue weighted by Gasteiger charge is -2.03. The second kappa shape index (κ2) is 5.27. The number of hydrogen-bond donors (Lipinski definition) is 2. The van der Waals surface area contributed by atoms with Crippen molar-refractivity contribution in [2.45, 2.75) is 6.92 Å². The van der Waals surface area contributed by atoms with Gasteiger partial charge in [0.1, 0.15) is 11.4 Å². The molecule has 0 unspecified atom stereocenters. The Bertz CT molecular complexity index is 605. The maximum Gasteiger partial charge on any atom is 0.264 e. The molecule has 2 rings (SSSR count). The maximum absolute atomic E-state index is 11.8. The number of aromatic nitrogens is 2. The minimum Gasteiger partial charge on any atom is -0.352 e. The first-order chi connectivity index (χ1) is 8.72. The zero-order valence-electron chi connectivity index (χ0n) is 9.93. The summed E-state index contributed by atoms with van der Waals surface area (Å²) in [5, 5.41) is 2.56. The van der Waals surface area contributed by atoms with Gasteiger partial charge in [-0.1, -0.05) is 30.3 Å². The number of carbonyl (C=O) groups is 1. The maximum atomic E-state index is 11.8. The molecule has 2 N–H and O–H groups in total. The van der Waals surface area contributed by atoms with E-state index in [4.69, 9.17) is 0 Å². The Hall–Kier alpha value is -2.43. The third kappa shape index (κ3) is 2.45. The third-order valence-corrected chi connectivity index (χ3v) is 2.43. The first kappa shape index (κ1) is 12.0. The lowest BCUT2D eigenvalue weighted by atomic mass is 10.2. The van der Waals surface area contributed by atoms with Gasteiger partial charge in [-0.15, -0.1) is 0 Å². The molecule has 2 aromatic rings. The van der Waals surface area contributed by atoms with Crippen molar-refractivity contribution in [1.82, 2.24) is 15.3 Å². The zero-order chi connectivity index (χ0) is 13.0. The largest absolute Gasteiger partial charge is 0.352 e. The Balaban J connectivity index is 2.37. The molecule has 1 aromatic heterocycles. The van der Waals surface area contributed by atoms with Gasteiger partial charge in [0.15, 0.2) is 0 Å². The summed E-state index contributed by atoms with van der Waals surface area (Å²) >= 11 is 0. The fraction of sp³-hybridized carbons (Fsp3) is 0.154. The van der Waals surface area contributed by atoms with E-state index >= 15 is 0 Å². The van der Waals surface area contributed by atoms with Crippen LogP contribution in [0.1, 0.15) is 17.3 Å². The molecule has 1 amide bonds. The van der Waals surface area contributed by atoms with Gasteiger partial charge in [0.05, 0.1) is 0 Å². The second-order valence-electron chi connectivity index (χ2n) is 3.70. The minimum atomic E-state index is -0.435. The number of carbonyl (C=O) groups excluding carboxylic acids is 1. The summed E-state index contributed by atoms with van der Waals surface area (Å²) in [6, 6.07) is 9.26. The lowest BCUT2D eigenvalue weighted by molar-refractivity contribution is 0.0954. The van der Waals surface area contributed by atoms with Gasteiger partial charge in [-0.3, -0.25) is 9.59 Å². The molecule has 0 saturated heterocycles. The Morgan fingerprint density at radius 2 is 2.06 bits per heavy atom. The number of H-pyrrole nitrogens is 1. The van der Waals surface area contributed by atoms with Crippen molar-refractivity contribution in [3.63, 3.8) is 0 Å². The molecule has 5 heteroatoms. The zero-order valence-corrected chi connectivity index (χ0v) is 9.93. The topological polar surface area (TPSA) is 74.8 Å². The van der Waals surface area contributed by atoms with Gasteiger partial charge in [-0.05, 0) is 6.92 Å². The molecule has 1 heterocycles. The molecule has 0 fully saturated rings. The van der Waals surface area contributed by atoms with E-state index in [0.717, 1.165) is 5.56 Å². The Morgan fingerprint density at radius 3 is 2.67 bits per heavy atom. The molecule has 5 nitrogen and oxygen atoms in total. The van der Waals surface area contributed by atoms with Crippen molar-refractivity contribution in [1.29, 1.82) is 0 Å². The molecule has 1 aromatic carbocycles. The average Bonchev–Trinajstić information content (AvgIpc) is 2.40. The van der Waals surface area contributed by atoms with Gasteiger partial charge in [0.25, 0.3) is 11.5 Å². The van der Waals surface area contributed by atoms with E-state index in [-0.39, 0.29) is 5.56 Å². The Labute approximate surface area is 104 Å². The van der Waals surface area contributed by atoms with Crippen LogP contribution in [0, 0.1) is 0 Å². The molecule has 0 aliphatic rings. The number of hydrogen-bond acceptors (Lipinski definition) is 3. The van der Waals surface area contributed by atoms with Crippen LogP contribution in [0.25, 0.3) is 11.4 Å². The van der Waals surface area contributed by atoms with Gasteiger partial charge in [0.2, 0.25) is 0 Å². The van der Waals surface area contributed by atoms with Gasteiger partial charge >= 0.3 is 0 Å². The van der Waals surface area contributed by atoms with Crippen molar-refractivity contribution in [3.8, 4) is 11.4 Å². The molecule has 0 saturated carbocycles. The fourth-order valence-electron chi connectivity index (χ4n) is 1.56. The van der Waals surface area contributed by atoms with Crippen molar-refractivity contribution >= 4 is 5.91 Å². The highest BCUT2D eigenvalue weighted by molar-refractivity contribution is 5.93. The Kier molecular flexibility index (Phi) is 3.52. The summed E-state index contributed by atoms with van der Waals surface area (Å²) in [7, 11) is 0. The standard InChI is InChI=1S/C13H13N3O2/c1-2-14-12(17)10-8-15-11(16-13(10)18)9-6-4-3-5-7-9/h3-8H,2H2,1H3,(H,14,17)(H,15,16,18). The summed E-state index contributed by atoms with van der Waals surface area (Å²) in [5.74, 6) is 0.0412. The highest BCUT2D eigenvalue weighted by atomic mass is 16.2. The van der Waals surface area contributed by atoms with Crippen LogP contribution in [0.4, 0.5) is 0 Å². The van der Waals surface area contributed by atoms with Gasteiger partial charge in [0, 0.05) is 18.3 Å². The second-order valence-corrected chi connectivity index (χ2v) is 3.70. The predicted molar refractivity (Wildman–Crippen MR) is 68.3 cm³/mol. The van der Waals surface area contributed by atoms with E-state index in [1.165, 1.54) is 6.20 Å². The monoisotopic (exact) mass is 243 g/mol. The smallest absolute Gasteiger partial charge is 0.264 e. The van der Waals surface area contributed by atoms with Crippen molar-refractivity contribution < 1.29 is 4.79 Å². The number of aromatic amines is 1. The van der Waals surface area contributed by atoms with Crippen molar-refractivity contribution in [3.05, 3.63) is 52.4 Å².